The molecule has 1 heterocycles. The summed E-state index contributed by atoms with van der Waals surface area (Å²) in [5.41, 5.74) is 0.783. The van der Waals surface area contributed by atoms with E-state index in [0.29, 0.717) is 19.6 Å². The molecule has 0 bridgehead atoms. The molecule has 1 aromatic carbocycles. The molecule has 2 amide bonds. The highest BCUT2D eigenvalue weighted by molar-refractivity contribution is 9.07. The molecule has 2 N–H and O–H groups in total. The molecule has 0 spiro atoms. The molecular weight excluding hydrogens is 418 g/mol. The number of amides is 2. The molecule has 1 aromatic rings. The number of rotatable bonds is 5. The molecule has 1 aliphatic rings. The van der Waals surface area contributed by atoms with Gasteiger partial charge in [-0.25, -0.2) is 13.5 Å². The largest absolute Gasteiger partial charge is 0.480 e. The molecule has 0 aliphatic carbocycles. The predicted octanol–water partition coefficient (Wildman–Crippen LogP) is 2.17. The van der Waals surface area contributed by atoms with Gasteiger partial charge in [0, 0.05) is 41.3 Å². The summed E-state index contributed by atoms with van der Waals surface area (Å²) in [5.74, 6) is -1.16. The minimum absolute atomic E-state index is 0.0131. The van der Waals surface area contributed by atoms with Gasteiger partial charge in [-0.2, -0.15) is 0 Å². The van der Waals surface area contributed by atoms with Crippen LogP contribution in [0.1, 0.15) is 26.3 Å². The van der Waals surface area contributed by atoms with Gasteiger partial charge in [0.1, 0.15) is 11.6 Å². The predicted molar refractivity (Wildman–Crippen MR) is 104 cm³/mol. The monoisotopic (exact) mass is 441 g/mol. The number of carboxylic acids is 1. The smallest absolute Gasteiger partial charge is 0.408 e. The Hall–Kier alpha value is -2.13. The number of carbonyl (C=O) groups excluding carboxylic acids is 2. The van der Waals surface area contributed by atoms with Crippen LogP contribution in [0.15, 0.2) is 24.3 Å². The van der Waals surface area contributed by atoms with Crippen molar-refractivity contribution in [3.05, 3.63) is 29.8 Å². The van der Waals surface area contributed by atoms with Crippen LogP contribution < -0.4 is 10.2 Å². The number of piperazine rings is 1. The van der Waals surface area contributed by atoms with Crippen LogP contribution in [0.2, 0.25) is 0 Å². The molecule has 1 atom stereocenters. The Labute approximate surface area is 166 Å². The van der Waals surface area contributed by atoms with Gasteiger partial charge in [0.15, 0.2) is 0 Å². The summed E-state index contributed by atoms with van der Waals surface area (Å²) in [4.78, 5) is 37.1. The number of benzene rings is 1. The first-order valence-corrected chi connectivity index (χ1v) is 9.28. The molecule has 148 valence electrons. The highest BCUT2D eigenvalue weighted by Crippen LogP contribution is 2.20. The molecule has 0 radical (unpaired) electrons. The maximum Gasteiger partial charge on any atom is 0.408 e. The molecule has 1 aliphatic heterocycles. The SMILES string of the molecule is CC(C)(C)OC(=O)NC(Cc1ccc(N2CCN(Br)CC2=O)cc1)C(=O)O. The van der Waals surface area contributed by atoms with Crippen molar-refractivity contribution in [2.24, 2.45) is 0 Å². The number of carbonyl (C=O) groups is 3. The Kier molecular flexibility index (Phi) is 6.83. The van der Waals surface area contributed by atoms with Gasteiger partial charge >= 0.3 is 12.1 Å². The number of ether oxygens (including phenoxy) is 1. The van der Waals surface area contributed by atoms with Gasteiger partial charge in [-0.1, -0.05) is 12.1 Å². The molecule has 9 heteroatoms. The lowest BCUT2D eigenvalue weighted by Gasteiger charge is -2.31. The van der Waals surface area contributed by atoms with E-state index in [1.807, 2.05) is 0 Å². The number of nitrogens with one attached hydrogen (secondary N) is 1. The summed E-state index contributed by atoms with van der Waals surface area (Å²) >= 11 is 3.30. The van der Waals surface area contributed by atoms with Crippen LogP contribution >= 0.6 is 16.1 Å². The number of alkyl carbamates (subject to hydrolysis) is 1. The summed E-state index contributed by atoms with van der Waals surface area (Å²) in [5, 5.41) is 11.7. The number of nitrogens with zero attached hydrogens (tertiary/aromatic N) is 2. The van der Waals surface area contributed by atoms with Crippen molar-refractivity contribution >= 4 is 39.8 Å². The minimum atomic E-state index is -1.14. The quantitative estimate of drug-likeness (QED) is 0.679. The molecule has 1 fully saturated rings. The fourth-order valence-electron chi connectivity index (χ4n) is 2.62. The third-order valence-electron chi connectivity index (χ3n) is 3.85. The Morgan fingerprint density at radius 1 is 1.26 bits per heavy atom. The third kappa shape index (κ3) is 6.51. The van der Waals surface area contributed by atoms with Gasteiger partial charge in [0.25, 0.3) is 0 Å². The zero-order chi connectivity index (χ0) is 20.2. The van der Waals surface area contributed by atoms with Crippen LogP contribution in [-0.4, -0.2) is 58.3 Å². The van der Waals surface area contributed by atoms with Gasteiger partial charge in [0.2, 0.25) is 5.91 Å². The first kappa shape index (κ1) is 21.2. The van der Waals surface area contributed by atoms with Gasteiger partial charge in [-0.3, -0.25) is 4.79 Å². The Morgan fingerprint density at radius 2 is 1.89 bits per heavy atom. The van der Waals surface area contributed by atoms with E-state index >= 15 is 0 Å². The number of carboxylic acid groups (broad SMARTS) is 1. The second kappa shape index (κ2) is 8.71. The fraction of sp³-hybridized carbons (Fsp3) is 0.500. The van der Waals surface area contributed by atoms with E-state index in [1.165, 1.54) is 0 Å². The van der Waals surface area contributed by atoms with Crippen LogP contribution in [0.25, 0.3) is 0 Å². The van der Waals surface area contributed by atoms with E-state index in [0.717, 1.165) is 11.3 Å². The number of halogens is 1. The number of hydrogen-bond donors (Lipinski definition) is 2. The van der Waals surface area contributed by atoms with Crippen molar-refractivity contribution in [3.63, 3.8) is 0 Å². The highest BCUT2D eigenvalue weighted by Gasteiger charge is 2.25. The summed E-state index contributed by atoms with van der Waals surface area (Å²) < 4.78 is 6.89. The zero-order valence-electron chi connectivity index (χ0n) is 15.6. The molecule has 27 heavy (non-hydrogen) atoms. The van der Waals surface area contributed by atoms with Crippen molar-refractivity contribution in [2.45, 2.75) is 38.8 Å². The third-order valence-corrected chi connectivity index (χ3v) is 4.46. The van der Waals surface area contributed by atoms with Crippen molar-refractivity contribution in [1.82, 2.24) is 9.24 Å². The van der Waals surface area contributed by atoms with E-state index in [-0.39, 0.29) is 12.3 Å². The lowest BCUT2D eigenvalue weighted by atomic mass is 10.1. The molecule has 1 saturated heterocycles. The summed E-state index contributed by atoms with van der Waals surface area (Å²) in [6, 6.07) is 5.97. The summed E-state index contributed by atoms with van der Waals surface area (Å²) in [6.45, 7) is 6.70. The van der Waals surface area contributed by atoms with Crippen LogP contribution in [0.4, 0.5) is 10.5 Å². The van der Waals surface area contributed by atoms with Gasteiger partial charge in [-0.15, -0.1) is 0 Å². The molecule has 2 rings (SSSR count). The molecule has 8 nitrogen and oxygen atoms in total. The van der Waals surface area contributed by atoms with Crippen molar-refractivity contribution in [1.29, 1.82) is 0 Å². The number of anilines is 1. The van der Waals surface area contributed by atoms with Crippen LogP contribution in [0.3, 0.4) is 0 Å². The van der Waals surface area contributed by atoms with Crippen LogP contribution in [0, 0.1) is 0 Å². The Morgan fingerprint density at radius 3 is 2.41 bits per heavy atom. The molecule has 1 unspecified atom stereocenters. The van der Waals surface area contributed by atoms with Crippen molar-refractivity contribution in [3.8, 4) is 0 Å². The topological polar surface area (TPSA) is 99.2 Å². The van der Waals surface area contributed by atoms with E-state index in [1.54, 1.807) is 53.9 Å². The number of aliphatic carboxylic acids is 1. The van der Waals surface area contributed by atoms with E-state index in [9.17, 15) is 19.5 Å². The van der Waals surface area contributed by atoms with E-state index < -0.39 is 23.7 Å². The van der Waals surface area contributed by atoms with Crippen molar-refractivity contribution in [2.75, 3.05) is 24.5 Å². The zero-order valence-corrected chi connectivity index (χ0v) is 17.2. The van der Waals surface area contributed by atoms with Crippen LogP contribution in [0.5, 0.6) is 0 Å². The average molecular weight is 442 g/mol. The Balaban J connectivity index is 2.01. The summed E-state index contributed by atoms with van der Waals surface area (Å²) in [7, 11) is 0. The Bertz CT molecular complexity index is 702. The van der Waals surface area contributed by atoms with E-state index in [2.05, 4.69) is 21.5 Å². The van der Waals surface area contributed by atoms with Gasteiger partial charge < -0.3 is 20.1 Å². The van der Waals surface area contributed by atoms with Crippen molar-refractivity contribution < 1.29 is 24.2 Å². The standard InChI is InChI=1S/C18H24BrN3O5/c1-18(2,3)27-17(26)20-14(16(24)25)10-12-4-6-13(7-5-12)22-9-8-21(19)11-15(22)23/h4-7,14H,8-11H2,1-3H3,(H,20,26)(H,24,25). The first-order chi connectivity index (χ1) is 12.5. The minimum Gasteiger partial charge on any atom is -0.480 e. The second-order valence-corrected chi connectivity index (χ2v) is 8.30. The van der Waals surface area contributed by atoms with Gasteiger partial charge in [0.05, 0.1) is 6.54 Å². The van der Waals surface area contributed by atoms with Crippen LogP contribution in [-0.2, 0) is 20.7 Å². The average Bonchev–Trinajstić information content (AvgIpc) is 2.53. The van der Waals surface area contributed by atoms with E-state index in [4.69, 9.17) is 4.74 Å². The molecular formula is C18H24BrN3O5. The second-order valence-electron chi connectivity index (χ2n) is 7.30. The number of hydrogen-bond acceptors (Lipinski definition) is 5. The first-order valence-electron chi connectivity index (χ1n) is 8.57. The van der Waals surface area contributed by atoms with Gasteiger partial charge in [-0.05, 0) is 38.5 Å². The molecule has 0 aromatic heterocycles. The maximum atomic E-state index is 12.1. The normalized spacial score (nSPS) is 16.7. The highest BCUT2D eigenvalue weighted by atomic mass is 79.9. The lowest BCUT2D eigenvalue weighted by molar-refractivity contribution is -0.139. The fourth-order valence-corrected chi connectivity index (χ4v) is 2.99. The molecule has 0 saturated carbocycles. The lowest BCUT2D eigenvalue weighted by Crippen LogP contribution is -2.47. The summed E-state index contributed by atoms with van der Waals surface area (Å²) in [6.07, 6.45) is -0.664. The maximum absolute atomic E-state index is 12.1.